The first-order chi connectivity index (χ1) is 14.4. The maximum atomic E-state index is 12.8. The molecule has 3 rings (SSSR count). The molecule has 3 aromatic carbocycles. The van der Waals surface area contributed by atoms with Gasteiger partial charge in [0.25, 0.3) is 10.0 Å². The van der Waals surface area contributed by atoms with Crippen LogP contribution in [-0.2, 0) is 16.4 Å². The largest absolute Gasteiger partial charge is 0.493 e. The molecule has 31 heavy (non-hydrogen) atoms. The number of sulfonamides is 1. The second-order valence-corrected chi connectivity index (χ2v) is 8.67. The van der Waals surface area contributed by atoms with E-state index >= 15 is 0 Å². The van der Waals surface area contributed by atoms with Crippen LogP contribution in [0.4, 0.5) is 5.69 Å². The van der Waals surface area contributed by atoms with Crippen LogP contribution in [0.5, 0.6) is 5.75 Å². The van der Waals surface area contributed by atoms with Gasteiger partial charge in [-0.05, 0) is 54.3 Å². The number of ether oxygens (including phenoxy) is 1. The number of anilines is 1. The number of aryl methyl sites for hydroxylation is 2. The summed E-state index contributed by atoms with van der Waals surface area (Å²) in [7, 11) is -3.68. The molecule has 0 radical (unpaired) electrons. The van der Waals surface area contributed by atoms with Gasteiger partial charge < -0.3 is 10.6 Å². The van der Waals surface area contributed by atoms with Crippen LogP contribution in [0.2, 0.25) is 0 Å². The average Bonchev–Trinajstić information content (AvgIpc) is 2.71. The van der Waals surface area contributed by atoms with Gasteiger partial charge >= 0.3 is 0 Å². The van der Waals surface area contributed by atoms with E-state index in [9.17, 15) is 8.42 Å². The third-order valence-corrected chi connectivity index (χ3v) is 6.11. The summed E-state index contributed by atoms with van der Waals surface area (Å²) < 4.78 is 34.0. The predicted molar refractivity (Wildman–Crippen MR) is 128 cm³/mol. The van der Waals surface area contributed by atoms with Crippen LogP contribution in [0.3, 0.4) is 0 Å². The lowest BCUT2D eigenvalue weighted by atomic mass is 10.1. The molecule has 6 nitrogen and oxygen atoms in total. The Labute approximate surface area is 189 Å². The van der Waals surface area contributed by atoms with Crippen molar-refractivity contribution in [2.45, 2.75) is 25.2 Å². The highest BCUT2D eigenvalue weighted by Crippen LogP contribution is 2.23. The minimum absolute atomic E-state index is 0. The van der Waals surface area contributed by atoms with Crippen molar-refractivity contribution in [2.75, 3.05) is 11.3 Å². The summed E-state index contributed by atoms with van der Waals surface area (Å²) in [6.07, 6.45) is 2.31. The Morgan fingerprint density at radius 1 is 1.03 bits per heavy atom. The van der Waals surface area contributed by atoms with E-state index in [4.69, 9.17) is 10.6 Å². The van der Waals surface area contributed by atoms with Crippen molar-refractivity contribution in [1.82, 2.24) is 0 Å². The van der Waals surface area contributed by atoms with Crippen LogP contribution < -0.4 is 15.3 Å². The molecule has 164 valence electrons. The van der Waals surface area contributed by atoms with Crippen molar-refractivity contribution in [1.29, 1.82) is 0 Å². The minimum Gasteiger partial charge on any atom is -0.493 e. The van der Waals surface area contributed by atoms with Gasteiger partial charge in [-0.1, -0.05) is 42.5 Å². The van der Waals surface area contributed by atoms with Crippen molar-refractivity contribution in [3.8, 4) is 5.75 Å². The lowest BCUT2D eigenvalue weighted by molar-refractivity contribution is 0.322. The molecule has 0 aliphatic rings. The van der Waals surface area contributed by atoms with Crippen LogP contribution in [0.15, 0.2) is 76.7 Å². The molecule has 3 aromatic rings. The Bertz CT molecular complexity index is 1150. The zero-order valence-electron chi connectivity index (χ0n) is 17.4. The maximum absolute atomic E-state index is 12.8. The van der Waals surface area contributed by atoms with Crippen molar-refractivity contribution in [3.05, 3.63) is 89.0 Å². The smallest absolute Gasteiger partial charge is 0.262 e. The third kappa shape index (κ3) is 6.73. The fourth-order valence-corrected chi connectivity index (χ4v) is 4.38. The average molecular weight is 460 g/mol. The number of halogens is 1. The highest BCUT2D eigenvalue weighted by atomic mass is 35.5. The Morgan fingerprint density at radius 2 is 1.77 bits per heavy atom. The summed E-state index contributed by atoms with van der Waals surface area (Å²) in [6.45, 7) is 4.12. The fraction of sp³-hybridized carbons (Fsp3) is 0.174. The van der Waals surface area contributed by atoms with Gasteiger partial charge in [-0.15, -0.1) is 12.4 Å². The summed E-state index contributed by atoms with van der Waals surface area (Å²) >= 11 is 0. The normalized spacial score (nSPS) is 11.2. The van der Waals surface area contributed by atoms with Crippen molar-refractivity contribution < 1.29 is 13.2 Å². The molecule has 0 aliphatic carbocycles. The fourth-order valence-electron chi connectivity index (χ4n) is 3.00. The molecule has 0 atom stereocenters. The molecular formula is C23H26ClN3O3S. The Kier molecular flexibility index (Phi) is 8.47. The molecule has 0 saturated heterocycles. The topological polar surface area (TPSA) is 93.8 Å². The number of rotatable bonds is 8. The van der Waals surface area contributed by atoms with E-state index in [1.54, 1.807) is 49.5 Å². The van der Waals surface area contributed by atoms with Gasteiger partial charge in [0.2, 0.25) is 0 Å². The lowest BCUT2D eigenvalue weighted by Gasteiger charge is -2.12. The highest BCUT2D eigenvalue weighted by molar-refractivity contribution is 7.92. The monoisotopic (exact) mass is 459 g/mol. The summed E-state index contributed by atoms with van der Waals surface area (Å²) in [5, 5.41) is 3.50. The van der Waals surface area contributed by atoms with E-state index in [2.05, 4.69) is 9.82 Å². The molecular weight excluding hydrogens is 434 g/mol. The molecule has 3 N–H and O–H groups in total. The van der Waals surface area contributed by atoms with Crippen LogP contribution >= 0.6 is 12.4 Å². The van der Waals surface area contributed by atoms with Crippen molar-refractivity contribution >= 4 is 34.3 Å². The van der Waals surface area contributed by atoms with Crippen LogP contribution in [0, 0.1) is 13.8 Å². The highest BCUT2D eigenvalue weighted by Gasteiger charge is 2.17. The van der Waals surface area contributed by atoms with E-state index in [1.165, 1.54) is 0 Å². The lowest BCUT2D eigenvalue weighted by Crippen LogP contribution is -2.14. The number of nitrogens with one attached hydrogen (secondary N) is 1. The SMILES string of the molecule is Cc1ccc(C)c(S(=O)(=O)Nc2cccc(OCCc3ccc(/C=N\N)cc3)c2)c1.Cl. The van der Waals surface area contributed by atoms with Crippen molar-refractivity contribution in [2.24, 2.45) is 10.9 Å². The first-order valence-corrected chi connectivity index (χ1v) is 11.0. The van der Waals surface area contributed by atoms with E-state index in [0.717, 1.165) is 23.1 Å². The first-order valence-electron chi connectivity index (χ1n) is 9.52. The minimum atomic E-state index is -3.68. The standard InChI is InChI=1S/C23H25N3O3S.ClH/c1-17-6-7-18(2)23(14-17)30(27,28)26-21-4-3-5-22(15-21)29-13-12-19-8-10-20(11-9-19)16-25-24;/h3-11,14-16,26H,12-13,24H2,1-2H3;1H/b25-16-;. The number of hydrazone groups is 1. The third-order valence-electron chi connectivity index (χ3n) is 4.58. The van der Waals surface area contributed by atoms with Gasteiger partial charge in [0, 0.05) is 12.5 Å². The molecule has 0 aliphatic heterocycles. The zero-order valence-corrected chi connectivity index (χ0v) is 19.0. The molecule has 0 unspecified atom stereocenters. The molecule has 0 saturated carbocycles. The number of nitrogens with two attached hydrogens (primary N) is 1. The van der Waals surface area contributed by atoms with Gasteiger partial charge in [0.05, 0.1) is 23.4 Å². The Balaban J connectivity index is 0.00000341. The number of hydrogen-bond donors (Lipinski definition) is 2. The summed E-state index contributed by atoms with van der Waals surface area (Å²) in [5.74, 6) is 5.75. The van der Waals surface area contributed by atoms with Gasteiger partial charge in [-0.2, -0.15) is 5.10 Å². The van der Waals surface area contributed by atoms with Gasteiger partial charge in [-0.25, -0.2) is 8.42 Å². The second kappa shape index (κ2) is 10.8. The van der Waals surface area contributed by atoms with Crippen molar-refractivity contribution in [3.63, 3.8) is 0 Å². The van der Waals surface area contributed by atoms with Crippen LogP contribution in [-0.4, -0.2) is 21.2 Å². The molecule has 0 heterocycles. The van der Waals surface area contributed by atoms with E-state index < -0.39 is 10.0 Å². The van der Waals surface area contributed by atoms with E-state index in [-0.39, 0.29) is 17.3 Å². The van der Waals surface area contributed by atoms with Crippen LogP contribution in [0.1, 0.15) is 22.3 Å². The molecule has 0 amide bonds. The quantitative estimate of drug-likeness (QED) is 0.296. The van der Waals surface area contributed by atoms with Crippen LogP contribution in [0.25, 0.3) is 0 Å². The maximum Gasteiger partial charge on any atom is 0.262 e. The molecule has 0 fully saturated rings. The zero-order chi connectivity index (χ0) is 21.6. The van der Waals surface area contributed by atoms with E-state index in [0.29, 0.717) is 23.6 Å². The predicted octanol–water partition coefficient (Wildman–Crippen LogP) is 4.44. The first kappa shape index (κ1) is 24.2. The van der Waals surface area contributed by atoms with Gasteiger partial charge in [0.15, 0.2) is 0 Å². The van der Waals surface area contributed by atoms with Gasteiger partial charge in [-0.3, -0.25) is 4.72 Å². The van der Waals surface area contributed by atoms with E-state index in [1.807, 2.05) is 37.3 Å². The summed E-state index contributed by atoms with van der Waals surface area (Å²) in [5.41, 5.74) is 4.10. The molecule has 0 spiro atoms. The Hall–Kier alpha value is -3.03. The van der Waals surface area contributed by atoms with Gasteiger partial charge in [0.1, 0.15) is 5.75 Å². The molecule has 0 aromatic heterocycles. The number of nitrogens with zero attached hydrogens (tertiary/aromatic N) is 1. The molecule has 8 heteroatoms. The summed E-state index contributed by atoms with van der Waals surface area (Å²) in [4.78, 5) is 0.275. The number of hydrogen-bond acceptors (Lipinski definition) is 5. The Morgan fingerprint density at radius 3 is 2.48 bits per heavy atom. The summed E-state index contributed by atoms with van der Waals surface area (Å²) in [6, 6.07) is 20.2. The number of benzene rings is 3. The second-order valence-electron chi connectivity index (χ2n) is 7.02. The molecule has 0 bridgehead atoms.